The molecule has 0 saturated heterocycles. The van der Waals surface area contributed by atoms with Crippen LogP contribution < -0.4 is 0 Å². The summed E-state index contributed by atoms with van der Waals surface area (Å²) < 4.78 is 66.1. The largest absolute Gasteiger partial charge is 0.480 e. The van der Waals surface area contributed by atoms with E-state index in [9.17, 15) is 31.5 Å². The van der Waals surface area contributed by atoms with Crippen molar-refractivity contribution in [3.8, 4) is 0 Å². The van der Waals surface area contributed by atoms with Crippen LogP contribution in [0.5, 0.6) is 0 Å². The lowest BCUT2D eigenvalue weighted by atomic mass is 10.0. The molecule has 9 heteroatoms. The van der Waals surface area contributed by atoms with E-state index in [1.54, 1.807) is 44.2 Å². The fraction of sp³-hybridized carbons (Fsp3) is 0.316. The van der Waals surface area contributed by atoms with E-state index in [2.05, 4.69) is 0 Å². The summed E-state index contributed by atoms with van der Waals surface area (Å²) >= 11 is 0. The Morgan fingerprint density at radius 3 is 2.18 bits per heavy atom. The Labute approximate surface area is 161 Å². The number of hydrogen-bond acceptors (Lipinski definition) is 3. The predicted octanol–water partition coefficient (Wildman–Crippen LogP) is 4.01. The van der Waals surface area contributed by atoms with Crippen molar-refractivity contribution >= 4 is 16.0 Å². The minimum atomic E-state index is -4.72. The van der Waals surface area contributed by atoms with Crippen molar-refractivity contribution in [1.29, 1.82) is 0 Å². The molecule has 0 unspecified atom stereocenters. The zero-order valence-electron chi connectivity index (χ0n) is 15.2. The Morgan fingerprint density at radius 2 is 1.68 bits per heavy atom. The monoisotopic (exact) mass is 415 g/mol. The van der Waals surface area contributed by atoms with Gasteiger partial charge in [0.25, 0.3) is 0 Å². The van der Waals surface area contributed by atoms with Gasteiger partial charge in [0.15, 0.2) is 0 Å². The van der Waals surface area contributed by atoms with E-state index in [0.29, 0.717) is 11.6 Å². The molecule has 0 radical (unpaired) electrons. The molecule has 5 nitrogen and oxygen atoms in total. The highest BCUT2D eigenvalue weighted by Crippen LogP contribution is 2.32. The summed E-state index contributed by atoms with van der Waals surface area (Å²) in [5, 5.41) is 9.60. The maximum atomic E-state index is 13.2. The van der Waals surface area contributed by atoms with Gasteiger partial charge < -0.3 is 5.11 Å². The number of carboxylic acid groups (broad SMARTS) is 1. The fourth-order valence-electron chi connectivity index (χ4n) is 2.81. The van der Waals surface area contributed by atoms with Crippen LogP contribution in [0.25, 0.3) is 0 Å². The molecule has 0 aliphatic carbocycles. The minimum absolute atomic E-state index is 0.283. The predicted molar refractivity (Wildman–Crippen MR) is 96.9 cm³/mol. The molecule has 2 aromatic carbocycles. The zero-order chi connectivity index (χ0) is 21.1. The topological polar surface area (TPSA) is 74.7 Å². The number of alkyl halides is 3. The Kier molecular flexibility index (Phi) is 6.51. The lowest BCUT2D eigenvalue weighted by Gasteiger charge is -2.30. The highest BCUT2D eigenvalue weighted by atomic mass is 32.2. The molecule has 0 bridgehead atoms. The summed E-state index contributed by atoms with van der Waals surface area (Å²) in [6, 6.07) is 10.1. The molecular formula is C19H20F3NO4S. The van der Waals surface area contributed by atoms with Crippen LogP contribution in [0.2, 0.25) is 0 Å². The normalized spacial score (nSPS) is 13.7. The second-order valence-electron chi connectivity index (χ2n) is 6.59. The second-order valence-corrected chi connectivity index (χ2v) is 8.48. The maximum absolute atomic E-state index is 13.2. The molecule has 0 fully saturated rings. The van der Waals surface area contributed by atoms with Crippen LogP contribution in [-0.4, -0.2) is 29.8 Å². The van der Waals surface area contributed by atoms with Crippen molar-refractivity contribution < 1.29 is 31.5 Å². The molecule has 1 N–H and O–H groups in total. The third-order valence-corrected chi connectivity index (χ3v) is 5.97. The zero-order valence-corrected chi connectivity index (χ0v) is 16.0. The van der Waals surface area contributed by atoms with Gasteiger partial charge in [0.2, 0.25) is 10.0 Å². The molecule has 0 amide bonds. The average molecular weight is 415 g/mol. The summed E-state index contributed by atoms with van der Waals surface area (Å²) in [5.74, 6) is -1.98. The smallest absolute Gasteiger partial charge is 0.416 e. The van der Waals surface area contributed by atoms with Crippen molar-refractivity contribution in [1.82, 2.24) is 4.31 Å². The molecular weight excluding hydrogens is 395 g/mol. The Hall–Kier alpha value is -2.39. The molecule has 0 heterocycles. The van der Waals surface area contributed by atoms with Crippen molar-refractivity contribution in [2.75, 3.05) is 0 Å². The highest BCUT2D eigenvalue weighted by molar-refractivity contribution is 7.89. The van der Waals surface area contributed by atoms with Gasteiger partial charge in [-0.3, -0.25) is 4.79 Å². The summed E-state index contributed by atoms with van der Waals surface area (Å²) in [5.41, 5.74) is -0.602. The molecule has 0 aliphatic heterocycles. The maximum Gasteiger partial charge on any atom is 0.416 e. The van der Waals surface area contributed by atoms with Gasteiger partial charge >= 0.3 is 12.1 Å². The van der Waals surface area contributed by atoms with E-state index in [1.165, 1.54) is 0 Å². The minimum Gasteiger partial charge on any atom is -0.480 e. The van der Waals surface area contributed by atoms with Crippen LogP contribution in [0.4, 0.5) is 13.2 Å². The summed E-state index contributed by atoms with van der Waals surface area (Å²) in [7, 11) is -4.52. The first-order valence-electron chi connectivity index (χ1n) is 8.40. The lowest BCUT2D eigenvalue weighted by Crippen LogP contribution is -2.47. The van der Waals surface area contributed by atoms with Gasteiger partial charge in [-0.05, 0) is 29.7 Å². The summed E-state index contributed by atoms with van der Waals surface area (Å²) in [4.78, 5) is 11.2. The van der Waals surface area contributed by atoms with Crippen LogP contribution in [0, 0.1) is 5.92 Å². The quantitative estimate of drug-likeness (QED) is 0.742. The number of benzene rings is 2. The van der Waals surface area contributed by atoms with Gasteiger partial charge in [0.05, 0.1) is 10.5 Å². The molecule has 28 heavy (non-hydrogen) atoms. The number of nitrogens with zero attached hydrogens (tertiary/aromatic N) is 1. The first kappa shape index (κ1) is 21.9. The van der Waals surface area contributed by atoms with Crippen LogP contribution in [0.15, 0.2) is 59.5 Å². The number of halogens is 3. The van der Waals surface area contributed by atoms with Gasteiger partial charge in [-0.25, -0.2) is 8.42 Å². The molecule has 2 aromatic rings. The number of sulfonamides is 1. The number of hydrogen-bond donors (Lipinski definition) is 1. The van der Waals surface area contributed by atoms with Crippen molar-refractivity contribution in [2.24, 2.45) is 5.92 Å². The van der Waals surface area contributed by atoms with Gasteiger partial charge in [0.1, 0.15) is 6.04 Å². The highest BCUT2D eigenvalue weighted by Gasteiger charge is 2.39. The van der Waals surface area contributed by atoms with Crippen molar-refractivity contribution in [2.45, 2.75) is 37.5 Å². The van der Waals surface area contributed by atoms with Crippen molar-refractivity contribution in [3.05, 3.63) is 65.7 Å². The van der Waals surface area contributed by atoms with Gasteiger partial charge in [-0.2, -0.15) is 17.5 Å². The molecule has 0 aromatic heterocycles. The molecule has 0 aliphatic rings. The Balaban J connectivity index is 2.59. The fourth-order valence-corrected chi connectivity index (χ4v) is 4.55. The summed E-state index contributed by atoms with van der Waals surface area (Å²) in [6.07, 6.45) is -4.72. The molecule has 2 rings (SSSR count). The van der Waals surface area contributed by atoms with E-state index in [0.717, 1.165) is 22.5 Å². The molecule has 1 atom stereocenters. The molecule has 152 valence electrons. The first-order valence-corrected chi connectivity index (χ1v) is 9.84. The lowest BCUT2D eigenvalue weighted by molar-refractivity contribution is -0.143. The van der Waals surface area contributed by atoms with Crippen LogP contribution >= 0.6 is 0 Å². The first-order chi connectivity index (χ1) is 12.9. The third-order valence-electron chi connectivity index (χ3n) is 4.14. The number of carboxylic acids is 1. The number of carbonyl (C=O) groups is 1. The van der Waals surface area contributed by atoms with Gasteiger partial charge in [0, 0.05) is 6.54 Å². The van der Waals surface area contributed by atoms with E-state index in [-0.39, 0.29) is 6.54 Å². The summed E-state index contributed by atoms with van der Waals surface area (Å²) in [6.45, 7) is 2.80. The van der Waals surface area contributed by atoms with E-state index >= 15 is 0 Å². The van der Waals surface area contributed by atoms with E-state index < -0.39 is 44.6 Å². The molecule has 0 saturated carbocycles. The van der Waals surface area contributed by atoms with Crippen LogP contribution in [0.3, 0.4) is 0 Å². The standard InChI is InChI=1S/C19H20F3NO4S/c1-13(2)17(18(24)25)23(12-14-7-4-3-5-8-14)28(26,27)16-10-6-9-15(11-16)19(20,21)22/h3-11,13,17H,12H2,1-2H3,(H,24,25)/t17-/m0/s1. The van der Waals surface area contributed by atoms with Crippen LogP contribution in [0.1, 0.15) is 25.0 Å². The number of rotatable bonds is 7. The Bertz CT molecular complexity index is 928. The van der Waals surface area contributed by atoms with E-state index in [1.807, 2.05) is 0 Å². The molecule has 0 spiro atoms. The number of aliphatic carboxylic acids is 1. The van der Waals surface area contributed by atoms with E-state index in [4.69, 9.17) is 0 Å². The second kappa shape index (κ2) is 8.32. The van der Waals surface area contributed by atoms with Crippen molar-refractivity contribution in [3.63, 3.8) is 0 Å². The SMILES string of the molecule is CC(C)[C@@H](C(=O)O)N(Cc1ccccc1)S(=O)(=O)c1cccc(C(F)(F)F)c1. The van der Waals surface area contributed by atoms with Gasteiger partial charge in [-0.15, -0.1) is 0 Å². The Morgan fingerprint density at radius 1 is 1.07 bits per heavy atom. The van der Waals surface area contributed by atoms with Crippen LogP contribution in [-0.2, 0) is 27.5 Å². The third kappa shape index (κ3) is 4.90. The average Bonchev–Trinajstić information content (AvgIpc) is 2.61. The van der Waals surface area contributed by atoms with Gasteiger partial charge in [-0.1, -0.05) is 50.2 Å².